The highest BCUT2D eigenvalue weighted by atomic mass is 16.5. The van der Waals surface area contributed by atoms with Crippen LogP contribution in [0.25, 0.3) is 0 Å². The van der Waals surface area contributed by atoms with Gasteiger partial charge in [0.15, 0.2) is 5.69 Å². The predicted octanol–water partition coefficient (Wildman–Crippen LogP) is 0.985. The number of methoxy groups -OCH3 is 1. The van der Waals surface area contributed by atoms with Crippen LogP contribution in [0.4, 0.5) is 5.82 Å². The molecule has 0 atom stereocenters. The second-order valence-corrected chi connectivity index (χ2v) is 3.96. The molecule has 0 fully saturated rings. The van der Waals surface area contributed by atoms with Gasteiger partial charge in [0.2, 0.25) is 0 Å². The number of aryl methyl sites for hydroxylation is 1. The molecule has 0 aliphatic carbocycles. The Morgan fingerprint density at radius 1 is 1.53 bits per heavy atom. The van der Waals surface area contributed by atoms with E-state index in [1.807, 2.05) is 13.8 Å². The van der Waals surface area contributed by atoms with Crippen LogP contribution in [0.3, 0.4) is 0 Å². The average Bonchev–Trinajstić information content (AvgIpc) is 2.55. The number of carbonyl (C=O) groups is 1. The molecule has 0 aliphatic heterocycles. The number of ether oxygens (including phenoxy) is 2. The van der Waals surface area contributed by atoms with E-state index >= 15 is 0 Å². The van der Waals surface area contributed by atoms with Gasteiger partial charge in [0.05, 0.1) is 19.8 Å². The van der Waals surface area contributed by atoms with E-state index in [1.165, 1.54) is 7.11 Å². The maximum absolute atomic E-state index is 11.4. The molecule has 0 amide bonds. The molecule has 96 valence electrons. The van der Waals surface area contributed by atoms with Gasteiger partial charge in [-0.1, -0.05) is 0 Å². The first kappa shape index (κ1) is 13.5. The van der Waals surface area contributed by atoms with Gasteiger partial charge in [0.25, 0.3) is 0 Å². The van der Waals surface area contributed by atoms with Crippen molar-refractivity contribution < 1.29 is 14.3 Å². The summed E-state index contributed by atoms with van der Waals surface area (Å²) in [4.78, 5) is 15.5. The summed E-state index contributed by atoms with van der Waals surface area (Å²) in [6.45, 7) is 6.81. The Bertz CT molecular complexity index is 399. The van der Waals surface area contributed by atoms with Gasteiger partial charge in [-0.3, -0.25) is 0 Å². The zero-order valence-corrected chi connectivity index (χ0v) is 10.7. The summed E-state index contributed by atoms with van der Waals surface area (Å²) in [7, 11) is 1.30. The number of nitrogens with zero attached hydrogens (tertiary/aromatic N) is 2. The first-order chi connectivity index (χ1) is 7.97. The van der Waals surface area contributed by atoms with Gasteiger partial charge >= 0.3 is 5.97 Å². The van der Waals surface area contributed by atoms with Crippen LogP contribution in [0, 0.1) is 6.92 Å². The summed E-state index contributed by atoms with van der Waals surface area (Å²) in [5.41, 5.74) is 6.00. The maximum Gasteiger partial charge on any atom is 0.360 e. The summed E-state index contributed by atoms with van der Waals surface area (Å²) in [5, 5.41) is 0. The van der Waals surface area contributed by atoms with Crippen molar-refractivity contribution in [2.24, 2.45) is 0 Å². The Hall–Kier alpha value is -1.56. The van der Waals surface area contributed by atoms with Crippen molar-refractivity contribution in [1.29, 1.82) is 0 Å². The van der Waals surface area contributed by atoms with Gasteiger partial charge < -0.3 is 19.8 Å². The molecule has 1 heterocycles. The molecule has 0 spiro atoms. The first-order valence-electron chi connectivity index (χ1n) is 5.49. The molecule has 0 saturated carbocycles. The summed E-state index contributed by atoms with van der Waals surface area (Å²) >= 11 is 0. The molecule has 17 heavy (non-hydrogen) atoms. The number of hydrogen-bond donors (Lipinski definition) is 1. The summed E-state index contributed by atoms with van der Waals surface area (Å²) in [5.74, 6) is 0.478. The van der Waals surface area contributed by atoms with Crippen LogP contribution in [-0.4, -0.2) is 35.3 Å². The van der Waals surface area contributed by atoms with Crippen LogP contribution in [-0.2, 0) is 16.0 Å². The fourth-order valence-electron chi connectivity index (χ4n) is 1.49. The zero-order valence-electron chi connectivity index (χ0n) is 10.7. The molecule has 0 unspecified atom stereocenters. The second-order valence-electron chi connectivity index (χ2n) is 3.96. The summed E-state index contributed by atoms with van der Waals surface area (Å²) in [6, 6.07) is 0. The summed E-state index contributed by atoms with van der Waals surface area (Å²) in [6.07, 6.45) is 0.167. The van der Waals surface area contributed by atoms with Gasteiger partial charge in [0.1, 0.15) is 11.6 Å². The molecule has 0 aromatic carbocycles. The molecule has 1 aromatic heterocycles. The van der Waals surface area contributed by atoms with Crippen LogP contribution >= 0.6 is 0 Å². The molecule has 0 saturated heterocycles. The average molecular weight is 241 g/mol. The van der Waals surface area contributed by atoms with Gasteiger partial charge in [-0.2, -0.15) is 0 Å². The smallest absolute Gasteiger partial charge is 0.360 e. The molecular weight excluding hydrogens is 222 g/mol. The van der Waals surface area contributed by atoms with Crippen LogP contribution in [0.15, 0.2) is 0 Å². The fraction of sp³-hybridized carbons (Fsp3) is 0.636. The number of hydrogen-bond acceptors (Lipinski definition) is 5. The number of nitrogen functional groups attached to an aromatic ring is 1. The topological polar surface area (TPSA) is 79.4 Å². The lowest BCUT2D eigenvalue weighted by molar-refractivity contribution is 0.0595. The Labute approximate surface area is 101 Å². The van der Waals surface area contributed by atoms with E-state index in [1.54, 1.807) is 11.5 Å². The van der Waals surface area contributed by atoms with E-state index in [4.69, 9.17) is 10.5 Å². The largest absolute Gasteiger partial charge is 0.464 e. The van der Waals surface area contributed by atoms with Crippen LogP contribution < -0.4 is 5.73 Å². The lowest BCUT2D eigenvalue weighted by Crippen LogP contribution is -2.14. The first-order valence-corrected chi connectivity index (χ1v) is 5.49. The molecule has 0 radical (unpaired) electrons. The Balaban J connectivity index is 2.79. The van der Waals surface area contributed by atoms with Crippen molar-refractivity contribution in [3.8, 4) is 0 Å². The molecule has 1 rings (SSSR count). The third-order valence-corrected chi connectivity index (χ3v) is 2.34. The van der Waals surface area contributed by atoms with E-state index in [0.717, 1.165) is 0 Å². The SMILES string of the molecule is COC(=O)c1nc(C)n(CCOC(C)C)c1N. The highest BCUT2D eigenvalue weighted by Crippen LogP contribution is 2.15. The number of rotatable bonds is 5. The third kappa shape index (κ3) is 3.20. The number of imidazole rings is 1. The number of esters is 1. The van der Waals surface area contributed by atoms with Crippen LogP contribution in [0.5, 0.6) is 0 Å². The van der Waals surface area contributed by atoms with Crippen LogP contribution in [0.2, 0.25) is 0 Å². The third-order valence-electron chi connectivity index (χ3n) is 2.34. The minimum atomic E-state index is -0.519. The van der Waals surface area contributed by atoms with Gasteiger partial charge in [-0.25, -0.2) is 9.78 Å². The van der Waals surface area contributed by atoms with Crippen molar-refractivity contribution in [3.63, 3.8) is 0 Å². The normalized spacial score (nSPS) is 10.9. The Kier molecular flexibility index (Phi) is 4.51. The lowest BCUT2D eigenvalue weighted by atomic mass is 10.4. The summed E-state index contributed by atoms with van der Waals surface area (Å²) < 4.78 is 11.8. The van der Waals surface area contributed by atoms with Gasteiger partial charge in [0, 0.05) is 6.54 Å². The molecule has 6 heteroatoms. The minimum absolute atomic E-state index is 0.162. The number of anilines is 1. The molecule has 1 aromatic rings. The van der Waals surface area contributed by atoms with Crippen molar-refractivity contribution in [2.45, 2.75) is 33.4 Å². The van der Waals surface area contributed by atoms with E-state index in [-0.39, 0.29) is 11.8 Å². The second kappa shape index (κ2) is 5.67. The Morgan fingerprint density at radius 2 is 2.18 bits per heavy atom. The van der Waals surface area contributed by atoms with Crippen molar-refractivity contribution >= 4 is 11.8 Å². The quantitative estimate of drug-likeness (QED) is 0.777. The fourth-order valence-corrected chi connectivity index (χ4v) is 1.49. The lowest BCUT2D eigenvalue weighted by Gasteiger charge is -2.10. The zero-order chi connectivity index (χ0) is 13.0. The molecule has 0 aliphatic rings. The molecular formula is C11H19N3O3. The van der Waals surface area contributed by atoms with Crippen LogP contribution in [0.1, 0.15) is 30.2 Å². The molecule has 6 nitrogen and oxygen atoms in total. The van der Waals surface area contributed by atoms with Gasteiger partial charge in [-0.15, -0.1) is 0 Å². The van der Waals surface area contributed by atoms with Crippen molar-refractivity contribution in [2.75, 3.05) is 19.5 Å². The number of aromatic nitrogens is 2. The van der Waals surface area contributed by atoms with Crippen molar-refractivity contribution in [1.82, 2.24) is 9.55 Å². The van der Waals surface area contributed by atoms with E-state index in [2.05, 4.69) is 9.72 Å². The molecule has 0 bridgehead atoms. The highest BCUT2D eigenvalue weighted by molar-refractivity contribution is 5.92. The standard InChI is InChI=1S/C11H19N3O3/c1-7(2)17-6-5-14-8(3)13-9(10(14)12)11(15)16-4/h7H,5-6,12H2,1-4H3. The highest BCUT2D eigenvalue weighted by Gasteiger charge is 2.18. The Morgan fingerprint density at radius 3 is 2.71 bits per heavy atom. The van der Waals surface area contributed by atoms with E-state index < -0.39 is 5.97 Å². The monoisotopic (exact) mass is 241 g/mol. The maximum atomic E-state index is 11.4. The number of nitrogens with two attached hydrogens (primary N) is 1. The minimum Gasteiger partial charge on any atom is -0.464 e. The van der Waals surface area contributed by atoms with E-state index in [0.29, 0.717) is 24.8 Å². The predicted molar refractivity (Wildman–Crippen MR) is 63.8 cm³/mol. The van der Waals surface area contributed by atoms with Crippen molar-refractivity contribution in [3.05, 3.63) is 11.5 Å². The number of carbonyl (C=O) groups excluding carboxylic acids is 1. The van der Waals surface area contributed by atoms with Gasteiger partial charge in [-0.05, 0) is 20.8 Å². The van der Waals surface area contributed by atoms with E-state index in [9.17, 15) is 4.79 Å². The molecule has 2 N–H and O–H groups in total.